The molecule has 4 aromatic rings. The zero-order valence-corrected chi connectivity index (χ0v) is 23.3. The number of nitrogens with zero attached hydrogens (tertiary/aromatic N) is 1. The van der Waals surface area contributed by atoms with E-state index in [2.05, 4.69) is 5.32 Å². The van der Waals surface area contributed by atoms with Gasteiger partial charge in [-0.2, -0.15) is 0 Å². The zero-order valence-electron chi connectivity index (χ0n) is 21.8. The van der Waals surface area contributed by atoms with E-state index in [1.807, 2.05) is 67.6 Å². The number of ether oxygens (including phenoxy) is 2. The summed E-state index contributed by atoms with van der Waals surface area (Å²) in [4.78, 5) is 39.7. The van der Waals surface area contributed by atoms with Crippen LogP contribution in [0.3, 0.4) is 0 Å². The minimum Gasteiger partial charge on any atom is -0.493 e. The van der Waals surface area contributed by atoms with E-state index in [-0.39, 0.29) is 51.6 Å². The molecule has 0 atom stereocenters. The first-order valence-corrected chi connectivity index (χ1v) is 13.6. The van der Waals surface area contributed by atoms with Gasteiger partial charge in [-0.1, -0.05) is 60.1 Å². The number of rotatable bonds is 8. The molecule has 0 saturated carbocycles. The molecular weight excluding hydrogens is 548 g/mol. The largest absolute Gasteiger partial charge is 0.493 e. The number of imide groups is 1. The Balaban J connectivity index is 1.29. The van der Waals surface area contributed by atoms with Gasteiger partial charge in [0.1, 0.15) is 0 Å². The minimum atomic E-state index is -0.383. The first-order chi connectivity index (χ1) is 19.3. The predicted molar refractivity (Wildman–Crippen MR) is 159 cm³/mol. The third kappa shape index (κ3) is 6.14. The lowest BCUT2D eigenvalue weighted by atomic mass is 10.1. The van der Waals surface area contributed by atoms with Gasteiger partial charge in [-0.25, -0.2) is 0 Å². The molecule has 0 aromatic heterocycles. The van der Waals surface area contributed by atoms with Crippen molar-refractivity contribution >= 4 is 63.0 Å². The molecular formula is C31H25ClN2O5S. The van der Waals surface area contributed by atoms with Crippen LogP contribution < -0.4 is 14.8 Å². The predicted octanol–water partition coefficient (Wildman–Crippen LogP) is 7.06. The second-order valence-corrected chi connectivity index (χ2v) is 10.6. The van der Waals surface area contributed by atoms with Gasteiger partial charge in [-0.05, 0) is 82.6 Å². The van der Waals surface area contributed by atoms with Gasteiger partial charge in [-0.15, -0.1) is 0 Å². The summed E-state index contributed by atoms with van der Waals surface area (Å²) in [7, 11) is 1.45. The summed E-state index contributed by atoms with van der Waals surface area (Å²) in [6.07, 6.45) is 1.59. The highest BCUT2D eigenvalue weighted by molar-refractivity contribution is 8.18. The fourth-order valence-corrected chi connectivity index (χ4v) is 5.44. The van der Waals surface area contributed by atoms with Crippen LogP contribution in [-0.4, -0.2) is 35.7 Å². The quantitative estimate of drug-likeness (QED) is 0.227. The normalized spacial score (nSPS) is 14.2. The average molecular weight is 573 g/mol. The van der Waals surface area contributed by atoms with Gasteiger partial charge in [0.15, 0.2) is 18.1 Å². The lowest BCUT2D eigenvalue weighted by Gasteiger charge is -2.14. The van der Waals surface area contributed by atoms with Crippen LogP contribution in [0.15, 0.2) is 83.8 Å². The van der Waals surface area contributed by atoms with E-state index in [1.54, 1.807) is 24.3 Å². The van der Waals surface area contributed by atoms with Crippen molar-refractivity contribution in [2.24, 2.45) is 0 Å². The molecule has 0 unspecified atom stereocenters. The number of methoxy groups -OCH3 is 1. The Kier molecular flexibility index (Phi) is 8.09. The van der Waals surface area contributed by atoms with Gasteiger partial charge < -0.3 is 14.8 Å². The van der Waals surface area contributed by atoms with Gasteiger partial charge in [0.2, 0.25) is 0 Å². The number of hydrogen-bond donors (Lipinski definition) is 1. The van der Waals surface area contributed by atoms with Crippen molar-refractivity contribution in [1.82, 2.24) is 4.90 Å². The van der Waals surface area contributed by atoms with Crippen molar-refractivity contribution in [3.8, 4) is 11.5 Å². The highest BCUT2D eigenvalue weighted by Crippen LogP contribution is 2.39. The summed E-state index contributed by atoms with van der Waals surface area (Å²) >= 11 is 7.35. The fraction of sp³-hybridized carbons (Fsp3) is 0.129. The van der Waals surface area contributed by atoms with Crippen molar-refractivity contribution in [3.63, 3.8) is 0 Å². The maximum Gasteiger partial charge on any atom is 0.293 e. The molecule has 7 nitrogen and oxygen atoms in total. The molecule has 4 aromatic carbocycles. The Labute approximate surface area is 240 Å². The Hall–Kier alpha value is -4.27. The second-order valence-electron chi connectivity index (χ2n) is 9.19. The smallest absolute Gasteiger partial charge is 0.293 e. The molecule has 1 heterocycles. The molecule has 1 N–H and O–H groups in total. The van der Waals surface area contributed by atoms with Crippen LogP contribution in [-0.2, 0) is 16.1 Å². The molecule has 0 spiro atoms. The maximum atomic E-state index is 13.1. The van der Waals surface area contributed by atoms with E-state index in [1.165, 1.54) is 12.0 Å². The van der Waals surface area contributed by atoms with Crippen molar-refractivity contribution in [1.29, 1.82) is 0 Å². The fourth-order valence-electron chi connectivity index (χ4n) is 4.33. The zero-order chi connectivity index (χ0) is 28.2. The van der Waals surface area contributed by atoms with Crippen LogP contribution in [0.2, 0.25) is 5.02 Å². The molecule has 0 bridgehead atoms. The summed E-state index contributed by atoms with van der Waals surface area (Å²) in [6.45, 7) is 1.83. The third-order valence-corrected chi connectivity index (χ3v) is 7.42. The molecule has 0 aliphatic carbocycles. The molecule has 5 rings (SSSR count). The van der Waals surface area contributed by atoms with Crippen LogP contribution in [0.5, 0.6) is 11.5 Å². The van der Waals surface area contributed by atoms with Crippen molar-refractivity contribution < 1.29 is 23.9 Å². The van der Waals surface area contributed by atoms with Crippen LogP contribution in [0, 0.1) is 6.92 Å². The molecule has 0 radical (unpaired) electrons. The number of anilines is 1. The number of carbonyl (C=O) groups is 3. The number of nitrogens with one attached hydrogen (secondary N) is 1. The van der Waals surface area contributed by atoms with Crippen LogP contribution in [0.25, 0.3) is 16.8 Å². The average Bonchev–Trinajstić information content (AvgIpc) is 3.19. The molecule has 1 fully saturated rings. The Morgan fingerprint density at radius 3 is 2.58 bits per heavy atom. The van der Waals surface area contributed by atoms with Gasteiger partial charge in [0, 0.05) is 5.69 Å². The third-order valence-electron chi connectivity index (χ3n) is 6.23. The van der Waals surface area contributed by atoms with Crippen LogP contribution in [0.4, 0.5) is 10.5 Å². The van der Waals surface area contributed by atoms with E-state index in [9.17, 15) is 14.4 Å². The summed E-state index contributed by atoms with van der Waals surface area (Å²) in [5.41, 5.74) is 3.09. The number of hydrogen-bond acceptors (Lipinski definition) is 6. The first-order valence-electron chi connectivity index (χ1n) is 12.4. The van der Waals surface area contributed by atoms with Gasteiger partial charge in [0.05, 0.1) is 23.6 Å². The number of benzene rings is 4. The molecule has 9 heteroatoms. The number of carbonyl (C=O) groups excluding carboxylic acids is 3. The number of thioether (sulfide) groups is 1. The van der Waals surface area contributed by atoms with E-state index in [0.29, 0.717) is 11.3 Å². The summed E-state index contributed by atoms with van der Waals surface area (Å²) in [5.74, 6) is -0.248. The SMILES string of the molecule is COc1cc(/C=C2\SC(=O)N(Cc3ccc4ccccc4c3)C2=O)cc(Cl)c1OCC(=O)Nc1cccc(C)c1. The monoisotopic (exact) mass is 572 g/mol. The topological polar surface area (TPSA) is 84.9 Å². The number of aryl methyl sites for hydroxylation is 1. The summed E-state index contributed by atoms with van der Waals surface area (Å²) in [5, 5.41) is 4.76. The van der Waals surface area contributed by atoms with Crippen LogP contribution in [0.1, 0.15) is 16.7 Å². The Bertz CT molecular complexity index is 1670. The highest BCUT2D eigenvalue weighted by Gasteiger charge is 2.35. The van der Waals surface area contributed by atoms with E-state index >= 15 is 0 Å². The second kappa shape index (κ2) is 11.9. The number of halogens is 1. The Morgan fingerprint density at radius 2 is 1.80 bits per heavy atom. The molecule has 1 aliphatic heterocycles. The van der Waals surface area contributed by atoms with Crippen molar-refractivity contribution in [2.45, 2.75) is 13.5 Å². The van der Waals surface area contributed by atoms with Crippen LogP contribution >= 0.6 is 23.4 Å². The molecule has 1 saturated heterocycles. The van der Waals surface area contributed by atoms with E-state index < -0.39 is 0 Å². The molecule has 3 amide bonds. The lowest BCUT2D eigenvalue weighted by molar-refractivity contribution is -0.123. The number of fused-ring (bicyclic) bond motifs is 1. The molecule has 40 heavy (non-hydrogen) atoms. The van der Waals surface area contributed by atoms with Gasteiger partial charge in [0.25, 0.3) is 17.1 Å². The van der Waals surface area contributed by atoms with Gasteiger partial charge >= 0.3 is 0 Å². The van der Waals surface area contributed by atoms with Gasteiger partial charge in [-0.3, -0.25) is 19.3 Å². The minimum absolute atomic E-state index is 0.175. The molecule has 1 aliphatic rings. The Morgan fingerprint density at radius 1 is 1.00 bits per heavy atom. The summed E-state index contributed by atoms with van der Waals surface area (Å²) < 4.78 is 11.1. The molecule has 202 valence electrons. The standard InChI is InChI=1S/C31H25ClN2O5S/c1-19-6-5-9-24(12-19)33-28(35)18-39-29-25(32)14-21(15-26(29)38-2)16-27-30(36)34(31(37)40-27)17-20-10-11-22-7-3-4-8-23(22)13-20/h3-16H,17-18H2,1-2H3,(H,33,35)/b27-16-. The maximum absolute atomic E-state index is 13.1. The lowest BCUT2D eigenvalue weighted by Crippen LogP contribution is -2.27. The van der Waals surface area contributed by atoms with Crippen molar-refractivity contribution in [3.05, 3.63) is 105 Å². The van der Waals surface area contributed by atoms with E-state index in [0.717, 1.165) is 33.7 Å². The first kappa shape index (κ1) is 27.3. The number of amides is 3. The van der Waals surface area contributed by atoms with E-state index in [4.69, 9.17) is 21.1 Å². The highest BCUT2D eigenvalue weighted by atomic mass is 35.5. The summed E-state index contributed by atoms with van der Waals surface area (Å²) in [6, 6.07) is 24.4. The van der Waals surface area contributed by atoms with Crippen molar-refractivity contribution in [2.75, 3.05) is 19.0 Å².